The molecule has 0 aliphatic carbocycles. The van der Waals surface area contributed by atoms with Crippen molar-refractivity contribution in [2.75, 3.05) is 39.3 Å². The lowest BCUT2D eigenvalue weighted by Crippen LogP contribution is -2.45. The maximum Gasteiger partial charge on any atom is 0.220 e. The number of amides is 1. The van der Waals surface area contributed by atoms with Crippen molar-refractivity contribution in [1.29, 1.82) is 0 Å². The van der Waals surface area contributed by atoms with Crippen LogP contribution >= 0.6 is 0 Å². The summed E-state index contributed by atoms with van der Waals surface area (Å²) in [6, 6.07) is 5.37. The van der Waals surface area contributed by atoms with Crippen molar-refractivity contribution >= 4 is 23.3 Å². The largest absolute Gasteiger partial charge is 0.493 e. The van der Waals surface area contributed by atoms with Gasteiger partial charge in [0.25, 0.3) is 0 Å². The van der Waals surface area contributed by atoms with E-state index in [1.807, 2.05) is 26.0 Å². The van der Waals surface area contributed by atoms with Crippen molar-refractivity contribution < 1.29 is 19.1 Å². The van der Waals surface area contributed by atoms with Gasteiger partial charge in [0.1, 0.15) is 5.75 Å². The topological polar surface area (TPSA) is 143 Å². The van der Waals surface area contributed by atoms with Gasteiger partial charge in [-0.3, -0.25) is 19.3 Å². The van der Waals surface area contributed by atoms with Crippen LogP contribution in [-0.4, -0.2) is 78.5 Å². The standard InChI is InChI=1S/C16H27N5O.C9H15NO3/c1-3-20-7-9-21(10-8-20)12-13-5-6-15(22-4-2)14(11-13)16(17)19-18;1-4-5-8(12)10-6(2)9(13)7(3)11/h5-6,11H,3-4,7-10,12,18H2,1-2H3,(H2,17,19);6H,4-5H2,1-3H3,(H,10,12). The lowest BCUT2D eigenvalue weighted by molar-refractivity contribution is -0.137. The molecule has 1 aromatic rings. The fourth-order valence-electron chi connectivity index (χ4n) is 3.66. The lowest BCUT2D eigenvalue weighted by Gasteiger charge is -2.34. The van der Waals surface area contributed by atoms with E-state index in [1.54, 1.807) is 0 Å². The fraction of sp³-hybridized carbons (Fsp3) is 0.600. The summed E-state index contributed by atoms with van der Waals surface area (Å²) in [5, 5.41) is 6.06. The molecule has 1 saturated heterocycles. The average molecular weight is 491 g/mol. The molecule has 0 radical (unpaired) electrons. The van der Waals surface area contributed by atoms with Crippen molar-refractivity contribution in [1.82, 2.24) is 15.1 Å². The summed E-state index contributed by atoms with van der Waals surface area (Å²) in [4.78, 5) is 37.6. The number of hydrazone groups is 1. The molecular weight excluding hydrogens is 448 g/mol. The highest BCUT2D eigenvalue weighted by Crippen LogP contribution is 2.21. The summed E-state index contributed by atoms with van der Waals surface area (Å²) >= 11 is 0. The number of ether oxygens (including phenoxy) is 1. The van der Waals surface area contributed by atoms with Gasteiger partial charge in [-0.05, 0) is 44.5 Å². The molecule has 1 atom stereocenters. The second-order valence-electron chi connectivity index (χ2n) is 8.45. The van der Waals surface area contributed by atoms with Crippen LogP contribution in [0.3, 0.4) is 0 Å². The van der Waals surface area contributed by atoms with Gasteiger partial charge in [-0.15, -0.1) is 0 Å². The van der Waals surface area contributed by atoms with Crippen LogP contribution < -0.4 is 21.6 Å². The van der Waals surface area contributed by atoms with Crippen LogP contribution in [0.4, 0.5) is 0 Å². The number of Topliss-reactive ketones (excluding diaryl/α,β-unsaturated/α-hetero) is 2. The van der Waals surface area contributed by atoms with E-state index in [9.17, 15) is 14.4 Å². The molecule has 196 valence electrons. The number of piperazine rings is 1. The second kappa shape index (κ2) is 15.8. The Morgan fingerprint density at radius 2 is 1.74 bits per heavy atom. The molecule has 35 heavy (non-hydrogen) atoms. The van der Waals surface area contributed by atoms with E-state index in [2.05, 4.69) is 33.2 Å². The fourth-order valence-corrected chi connectivity index (χ4v) is 3.66. The first-order valence-corrected chi connectivity index (χ1v) is 12.2. The van der Waals surface area contributed by atoms with E-state index in [0.29, 0.717) is 18.9 Å². The van der Waals surface area contributed by atoms with E-state index < -0.39 is 17.6 Å². The van der Waals surface area contributed by atoms with Crippen LogP contribution in [0.5, 0.6) is 5.75 Å². The molecule has 1 unspecified atom stereocenters. The Morgan fingerprint density at radius 3 is 2.26 bits per heavy atom. The summed E-state index contributed by atoms with van der Waals surface area (Å²) in [6.45, 7) is 15.8. The van der Waals surface area contributed by atoms with Gasteiger partial charge in [0.15, 0.2) is 11.6 Å². The molecule has 0 saturated carbocycles. The van der Waals surface area contributed by atoms with Crippen LogP contribution in [0, 0.1) is 0 Å². The minimum absolute atomic E-state index is 0.190. The van der Waals surface area contributed by atoms with Crippen LogP contribution in [0.15, 0.2) is 23.3 Å². The number of benzene rings is 1. The number of hydrogen-bond donors (Lipinski definition) is 3. The highest BCUT2D eigenvalue weighted by molar-refractivity contribution is 6.38. The molecule has 1 aliphatic heterocycles. The third-order valence-corrected chi connectivity index (χ3v) is 5.67. The SMILES string of the molecule is CCCC(=O)NC(C)C(=O)C(C)=O.CCOc1ccc(CN2CCN(CC)CC2)cc1C(N)=NN. The number of carbonyl (C=O) groups excluding carboxylic acids is 3. The maximum atomic E-state index is 11.0. The quantitative estimate of drug-likeness (QED) is 0.138. The number of hydrogen-bond acceptors (Lipinski definition) is 8. The van der Waals surface area contributed by atoms with Crippen molar-refractivity contribution in [2.45, 2.75) is 60.0 Å². The van der Waals surface area contributed by atoms with E-state index in [-0.39, 0.29) is 5.91 Å². The van der Waals surface area contributed by atoms with Gasteiger partial charge >= 0.3 is 0 Å². The normalized spacial score (nSPS) is 15.5. The van der Waals surface area contributed by atoms with Crippen LogP contribution in [-0.2, 0) is 20.9 Å². The van der Waals surface area contributed by atoms with Gasteiger partial charge in [-0.1, -0.05) is 19.9 Å². The minimum Gasteiger partial charge on any atom is -0.493 e. The summed E-state index contributed by atoms with van der Waals surface area (Å²) < 4.78 is 5.60. The monoisotopic (exact) mass is 490 g/mol. The van der Waals surface area contributed by atoms with Gasteiger partial charge in [0.2, 0.25) is 11.7 Å². The molecule has 5 N–H and O–H groups in total. The second-order valence-corrected chi connectivity index (χ2v) is 8.45. The van der Waals surface area contributed by atoms with E-state index in [1.165, 1.54) is 19.4 Å². The zero-order chi connectivity index (χ0) is 26.4. The van der Waals surface area contributed by atoms with Crippen LogP contribution in [0.25, 0.3) is 0 Å². The molecule has 10 heteroatoms. The summed E-state index contributed by atoms with van der Waals surface area (Å²) in [7, 11) is 0. The number of nitrogens with zero attached hydrogens (tertiary/aromatic N) is 3. The molecular formula is C25H42N6O4. The number of rotatable bonds is 11. The van der Waals surface area contributed by atoms with Crippen LogP contribution in [0.1, 0.15) is 58.6 Å². The first kappa shape index (κ1) is 30.1. The van der Waals surface area contributed by atoms with E-state index >= 15 is 0 Å². The van der Waals surface area contributed by atoms with Crippen molar-refractivity contribution in [3.63, 3.8) is 0 Å². The molecule has 2 rings (SSSR count). The lowest BCUT2D eigenvalue weighted by atomic mass is 10.1. The molecule has 1 aromatic carbocycles. The van der Waals surface area contributed by atoms with Gasteiger partial charge in [-0.2, -0.15) is 5.10 Å². The Labute approximate surface area is 209 Å². The predicted molar refractivity (Wildman–Crippen MR) is 138 cm³/mol. The molecule has 0 aromatic heterocycles. The Balaban J connectivity index is 0.000000405. The van der Waals surface area contributed by atoms with E-state index in [4.69, 9.17) is 16.3 Å². The molecule has 1 amide bonds. The number of nitrogens with one attached hydrogen (secondary N) is 1. The molecule has 10 nitrogen and oxygen atoms in total. The molecule has 1 aliphatic rings. The van der Waals surface area contributed by atoms with Gasteiger partial charge < -0.3 is 26.5 Å². The number of likely N-dealkylation sites (N-methyl/N-ethyl adjacent to an activating group) is 1. The first-order chi connectivity index (χ1) is 16.7. The highest BCUT2D eigenvalue weighted by atomic mass is 16.5. The minimum atomic E-state index is -0.698. The zero-order valence-corrected chi connectivity index (χ0v) is 21.8. The molecule has 0 spiro atoms. The number of amidine groups is 1. The summed E-state index contributed by atoms with van der Waals surface area (Å²) in [5.41, 5.74) is 7.86. The number of ketones is 2. The van der Waals surface area contributed by atoms with Gasteiger partial charge in [0, 0.05) is 46.1 Å². The van der Waals surface area contributed by atoms with Crippen molar-refractivity contribution in [3.8, 4) is 5.75 Å². The van der Waals surface area contributed by atoms with Gasteiger partial charge in [0.05, 0.1) is 18.2 Å². The smallest absolute Gasteiger partial charge is 0.220 e. The Morgan fingerprint density at radius 1 is 1.11 bits per heavy atom. The zero-order valence-electron chi connectivity index (χ0n) is 21.8. The average Bonchev–Trinajstić information content (AvgIpc) is 2.85. The number of nitrogens with two attached hydrogens (primary N) is 2. The summed E-state index contributed by atoms with van der Waals surface area (Å²) in [5.74, 6) is 5.10. The third kappa shape index (κ3) is 10.4. The Bertz CT molecular complexity index is 866. The van der Waals surface area contributed by atoms with Crippen molar-refractivity contribution in [2.24, 2.45) is 16.7 Å². The Hall–Kier alpha value is -2.98. The first-order valence-electron chi connectivity index (χ1n) is 12.2. The van der Waals surface area contributed by atoms with E-state index in [0.717, 1.165) is 57.0 Å². The molecule has 1 fully saturated rings. The predicted octanol–water partition coefficient (Wildman–Crippen LogP) is 1.25. The molecule has 1 heterocycles. The molecule has 0 bridgehead atoms. The van der Waals surface area contributed by atoms with Crippen molar-refractivity contribution in [3.05, 3.63) is 29.3 Å². The summed E-state index contributed by atoms with van der Waals surface area (Å²) in [6.07, 6.45) is 1.11. The van der Waals surface area contributed by atoms with Gasteiger partial charge in [-0.25, -0.2) is 0 Å². The van der Waals surface area contributed by atoms with Crippen LogP contribution in [0.2, 0.25) is 0 Å². The maximum absolute atomic E-state index is 11.0. The highest BCUT2D eigenvalue weighted by Gasteiger charge is 2.19. The Kier molecular flexibility index (Phi) is 13.6. The third-order valence-electron chi connectivity index (χ3n) is 5.67. The number of carbonyl (C=O) groups is 3.